The molecule has 2 aromatic heterocycles. The van der Waals surface area contributed by atoms with Crippen molar-refractivity contribution in [1.29, 1.82) is 0 Å². The second-order valence-corrected chi connectivity index (χ2v) is 11.1. The van der Waals surface area contributed by atoms with E-state index >= 15 is 0 Å². The maximum Gasteiger partial charge on any atom is 0.246 e. The minimum absolute atomic E-state index is 0.0367. The van der Waals surface area contributed by atoms with Crippen molar-refractivity contribution in [3.05, 3.63) is 84.6 Å². The SMILES string of the molecule is CC(C)(C)[C@H](c1nc(-c2ccccc2)cn1Cc1ccccc1)N(C[C@H]1CCNC1)C(=O)Cn1ncnn1. The minimum atomic E-state index is -0.286. The predicted octanol–water partition coefficient (Wildman–Crippen LogP) is 3.81. The Balaban J connectivity index is 1.59. The summed E-state index contributed by atoms with van der Waals surface area (Å²) in [6.07, 6.45) is 4.52. The van der Waals surface area contributed by atoms with Gasteiger partial charge in [0.15, 0.2) is 6.33 Å². The van der Waals surface area contributed by atoms with Crippen molar-refractivity contribution in [2.45, 2.75) is 46.3 Å². The number of tetrazole rings is 1. The van der Waals surface area contributed by atoms with Crippen LogP contribution in [0.25, 0.3) is 11.3 Å². The average Bonchev–Trinajstić information content (AvgIpc) is 3.68. The standard InChI is InChI=1S/C29H36N8O/c1-29(2,3)27(36(18-23-14-15-30-16-23)26(38)20-37-32-21-31-34-37)28-33-25(24-12-8-5-9-13-24)19-35(28)17-22-10-6-4-7-11-22/h4-13,19,21,23,27,30H,14-18,20H2,1-3H3/t23-,27-/m0/s1. The highest BCUT2D eigenvalue weighted by molar-refractivity contribution is 5.76. The zero-order chi connectivity index (χ0) is 26.5. The van der Waals surface area contributed by atoms with Gasteiger partial charge in [-0.05, 0) is 41.6 Å². The molecule has 1 N–H and O–H groups in total. The van der Waals surface area contributed by atoms with Gasteiger partial charge in [0, 0.05) is 24.8 Å². The Morgan fingerprint density at radius 3 is 2.47 bits per heavy atom. The Hall–Kier alpha value is -3.85. The van der Waals surface area contributed by atoms with Crippen molar-refractivity contribution in [2.24, 2.45) is 11.3 Å². The van der Waals surface area contributed by atoms with Crippen LogP contribution in [0, 0.1) is 11.3 Å². The highest BCUT2D eigenvalue weighted by atomic mass is 16.2. The van der Waals surface area contributed by atoms with Crippen molar-refractivity contribution in [1.82, 2.24) is 40.0 Å². The van der Waals surface area contributed by atoms with Gasteiger partial charge in [-0.15, -0.1) is 10.2 Å². The van der Waals surface area contributed by atoms with E-state index in [9.17, 15) is 4.79 Å². The van der Waals surface area contributed by atoms with E-state index in [4.69, 9.17) is 4.98 Å². The molecular weight excluding hydrogens is 476 g/mol. The molecule has 38 heavy (non-hydrogen) atoms. The van der Waals surface area contributed by atoms with E-state index in [0.29, 0.717) is 19.0 Å². The molecule has 0 saturated carbocycles. The molecule has 1 saturated heterocycles. The van der Waals surface area contributed by atoms with Crippen LogP contribution in [0.15, 0.2) is 73.2 Å². The summed E-state index contributed by atoms with van der Waals surface area (Å²) in [5.41, 5.74) is 2.85. The lowest BCUT2D eigenvalue weighted by molar-refractivity contribution is -0.138. The lowest BCUT2D eigenvalue weighted by Crippen LogP contribution is -2.46. The van der Waals surface area contributed by atoms with Gasteiger partial charge in [0.2, 0.25) is 5.91 Å². The number of hydrogen-bond acceptors (Lipinski definition) is 6. The first kappa shape index (κ1) is 25.8. The summed E-state index contributed by atoms with van der Waals surface area (Å²) in [5, 5.41) is 15.3. The molecule has 198 valence electrons. The Bertz CT molecular complexity index is 1310. The molecule has 0 spiro atoms. The highest BCUT2D eigenvalue weighted by Crippen LogP contribution is 2.40. The van der Waals surface area contributed by atoms with Crippen molar-refractivity contribution in [3.8, 4) is 11.3 Å². The average molecular weight is 513 g/mol. The first-order valence-corrected chi connectivity index (χ1v) is 13.3. The fourth-order valence-electron chi connectivity index (χ4n) is 5.27. The fourth-order valence-corrected chi connectivity index (χ4v) is 5.27. The van der Waals surface area contributed by atoms with Crippen molar-refractivity contribution >= 4 is 5.91 Å². The smallest absolute Gasteiger partial charge is 0.246 e. The molecule has 0 radical (unpaired) electrons. The largest absolute Gasteiger partial charge is 0.330 e. The van der Waals surface area contributed by atoms with Crippen LogP contribution in [-0.2, 0) is 17.9 Å². The van der Waals surface area contributed by atoms with Gasteiger partial charge >= 0.3 is 0 Å². The number of nitrogens with one attached hydrogen (secondary N) is 1. The number of amides is 1. The molecule has 0 bridgehead atoms. The molecular formula is C29H36N8O. The van der Waals surface area contributed by atoms with Crippen LogP contribution in [0.5, 0.6) is 0 Å². The molecule has 1 fully saturated rings. The predicted molar refractivity (Wildman–Crippen MR) is 146 cm³/mol. The van der Waals surface area contributed by atoms with Crippen LogP contribution < -0.4 is 5.32 Å². The number of nitrogens with zero attached hydrogens (tertiary/aromatic N) is 7. The Morgan fingerprint density at radius 1 is 1.11 bits per heavy atom. The van der Waals surface area contributed by atoms with E-state index in [0.717, 1.165) is 36.6 Å². The first-order chi connectivity index (χ1) is 18.4. The summed E-state index contributed by atoms with van der Waals surface area (Å²) in [4.78, 5) is 22.5. The van der Waals surface area contributed by atoms with Crippen molar-refractivity contribution in [2.75, 3.05) is 19.6 Å². The quantitative estimate of drug-likeness (QED) is 0.367. The molecule has 9 heteroatoms. The maximum atomic E-state index is 13.9. The zero-order valence-electron chi connectivity index (χ0n) is 22.4. The first-order valence-electron chi connectivity index (χ1n) is 13.3. The fraction of sp³-hybridized carbons (Fsp3) is 0.414. The van der Waals surface area contributed by atoms with E-state index in [1.165, 1.54) is 16.7 Å². The molecule has 1 aliphatic heterocycles. The Labute approximate surface area is 223 Å². The van der Waals surface area contributed by atoms with Gasteiger partial charge < -0.3 is 14.8 Å². The minimum Gasteiger partial charge on any atom is -0.330 e. The summed E-state index contributed by atoms with van der Waals surface area (Å²) in [5.74, 6) is 1.22. The third-order valence-corrected chi connectivity index (χ3v) is 7.05. The van der Waals surface area contributed by atoms with E-state index in [2.05, 4.69) is 88.7 Å². The second-order valence-electron chi connectivity index (χ2n) is 11.1. The third kappa shape index (κ3) is 5.99. The summed E-state index contributed by atoms with van der Waals surface area (Å²) in [6, 6.07) is 20.4. The summed E-state index contributed by atoms with van der Waals surface area (Å²) in [6.45, 7) is 9.76. The number of benzene rings is 2. The normalized spacial score (nSPS) is 16.4. The zero-order valence-corrected chi connectivity index (χ0v) is 22.4. The van der Waals surface area contributed by atoms with E-state index in [1.807, 2.05) is 29.2 Å². The van der Waals surface area contributed by atoms with Crippen LogP contribution in [0.4, 0.5) is 0 Å². The third-order valence-electron chi connectivity index (χ3n) is 7.05. The van der Waals surface area contributed by atoms with Crippen LogP contribution in [0.2, 0.25) is 0 Å². The number of aromatic nitrogens is 6. The Morgan fingerprint density at radius 2 is 1.84 bits per heavy atom. The van der Waals surface area contributed by atoms with E-state index in [1.54, 1.807) is 0 Å². The molecule has 2 aromatic carbocycles. The lowest BCUT2D eigenvalue weighted by Gasteiger charge is -2.41. The van der Waals surface area contributed by atoms with Gasteiger partial charge in [-0.1, -0.05) is 81.4 Å². The second kappa shape index (κ2) is 11.3. The molecule has 2 atom stereocenters. The van der Waals surface area contributed by atoms with Gasteiger partial charge in [0.1, 0.15) is 12.4 Å². The molecule has 0 aliphatic carbocycles. The van der Waals surface area contributed by atoms with Crippen LogP contribution in [0.3, 0.4) is 0 Å². The highest BCUT2D eigenvalue weighted by Gasteiger charge is 2.39. The number of rotatable bonds is 9. The van der Waals surface area contributed by atoms with E-state index in [-0.39, 0.29) is 23.9 Å². The molecule has 1 amide bonds. The number of carbonyl (C=O) groups excluding carboxylic acids is 1. The number of imidazole rings is 1. The topological polar surface area (TPSA) is 93.8 Å². The number of hydrogen-bond donors (Lipinski definition) is 1. The van der Waals surface area contributed by atoms with Gasteiger partial charge in [-0.25, -0.2) is 4.98 Å². The van der Waals surface area contributed by atoms with Gasteiger partial charge in [0.05, 0.1) is 11.7 Å². The van der Waals surface area contributed by atoms with Crippen molar-refractivity contribution in [3.63, 3.8) is 0 Å². The molecule has 1 aliphatic rings. The van der Waals surface area contributed by atoms with Gasteiger partial charge in [0.25, 0.3) is 0 Å². The summed E-state index contributed by atoms with van der Waals surface area (Å²) >= 11 is 0. The van der Waals surface area contributed by atoms with E-state index < -0.39 is 0 Å². The molecule has 5 rings (SSSR count). The maximum absolute atomic E-state index is 13.9. The van der Waals surface area contributed by atoms with Crippen LogP contribution >= 0.6 is 0 Å². The molecule has 4 aromatic rings. The van der Waals surface area contributed by atoms with Gasteiger partial charge in [-0.2, -0.15) is 4.80 Å². The summed E-state index contributed by atoms with van der Waals surface area (Å²) in [7, 11) is 0. The van der Waals surface area contributed by atoms with Gasteiger partial charge in [-0.3, -0.25) is 4.79 Å². The lowest BCUT2D eigenvalue weighted by atomic mass is 9.84. The molecule has 0 unspecified atom stereocenters. The van der Waals surface area contributed by atoms with Crippen LogP contribution in [0.1, 0.15) is 44.6 Å². The van der Waals surface area contributed by atoms with Crippen molar-refractivity contribution < 1.29 is 4.79 Å². The number of carbonyl (C=O) groups is 1. The monoisotopic (exact) mass is 512 g/mol. The van der Waals surface area contributed by atoms with Crippen LogP contribution in [-0.4, -0.2) is 60.2 Å². The Kier molecular flexibility index (Phi) is 7.64. The molecule has 3 heterocycles. The molecule has 9 nitrogen and oxygen atoms in total. The summed E-state index contributed by atoms with van der Waals surface area (Å²) < 4.78 is 2.22.